The third-order valence-corrected chi connectivity index (χ3v) is 9.98. The zero-order valence-electron chi connectivity index (χ0n) is 28.2. The molecule has 262 valence electrons. The normalized spacial score (nSPS) is 18.0. The summed E-state index contributed by atoms with van der Waals surface area (Å²) in [7, 11) is 0. The first-order valence-corrected chi connectivity index (χ1v) is 17.5. The SMILES string of the molecule is Cc1cc2c(cc1OCCCCCCN1CCN(C(=O)c3nc(-c4ccc(C(F)(F)F)cc4)n4ccccc34)CC1)N=C[C@@H]1CCCN1C2=O. The highest BCUT2D eigenvalue weighted by atomic mass is 19.4. The van der Waals surface area contributed by atoms with Crippen molar-refractivity contribution in [3.8, 4) is 17.1 Å². The van der Waals surface area contributed by atoms with Crippen molar-refractivity contribution in [3.63, 3.8) is 0 Å². The van der Waals surface area contributed by atoms with E-state index in [0.29, 0.717) is 53.5 Å². The number of halogens is 3. The number of carbonyl (C=O) groups is 2. The van der Waals surface area contributed by atoms with E-state index >= 15 is 0 Å². The second-order valence-corrected chi connectivity index (χ2v) is 13.3. The van der Waals surface area contributed by atoms with Gasteiger partial charge in [-0.1, -0.05) is 31.0 Å². The van der Waals surface area contributed by atoms with Crippen molar-refractivity contribution in [1.82, 2.24) is 24.1 Å². The van der Waals surface area contributed by atoms with Crippen molar-refractivity contribution >= 4 is 29.2 Å². The highest BCUT2D eigenvalue weighted by Crippen LogP contribution is 2.34. The van der Waals surface area contributed by atoms with E-state index < -0.39 is 11.7 Å². The number of hydrogen-bond donors (Lipinski definition) is 0. The molecular weight excluding hydrogens is 645 g/mol. The number of imidazole rings is 1. The Morgan fingerprint density at radius 1 is 0.960 bits per heavy atom. The number of aromatic nitrogens is 2. The van der Waals surface area contributed by atoms with Crippen LogP contribution in [-0.4, -0.2) is 94.0 Å². The van der Waals surface area contributed by atoms with Gasteiger partial charge in [-0.25, -0.2) is 4.98 Å². The second-order valence-electron chi connectivity index (χ2n) is 13.3. The number of unbranched alkanes of at least 4 members (excludes halogenated alkanes) is 3. The number of ether oxygens (including phenoxy) is 1. The Balaban J connectivity index is 0.856. The summed E-state index contributed by atoms with van der Waals surface area (Å²) in [6.07, 6.45) is 5.35. The van der Waals surface area contributed by atoms with Crippen molar-refractivity contribution in [1.29, 1.82) is 0 Å². The van der Waals surface area contributed by atoms with Crippen molar-refractivity contribution in [2.75, 3.05) is 45.9 Å². The van der Waals surface area contributed by atoms with Gasteiger partial charge in [0.05, 0.1) is 35.0 Å². The van der Waals surface area contributed by atoms with Gasteiger partial charge in [0.2, 0.25) is 0 Å². The second kappa shape index (κ2) is 14.3. The molecule has 5 heterocycles. The van der Waals surface area contributed by atoms with Gasteiger partial charge >= 0.3 is 6.18 Å². The minimum atomic E-state index is -4.42. The van der Waals surface area contributed by atoms with E-state index in [-0.39, 0.29) is 17.9 Å². The zero-order valence-corrected chi connectivity index (χ0v) is 28.2. The summed E-state index contributed by atoms with van der Waals surface area (Å²) < 4.78 is 47.2. The molecule has 0 N–H and O–H groups in total. The Bertz CT molecular complexity index is 1900. The van der Waals surface area contributed by atoms with Gasteiger partial charge in [0, 0.05) is 56.8 Å². The van der Waals surface area contributed by atoms with Crippen molar-refractivity contribution in [2.45, 2.75) is 57.7 Å². The molecule has 0 radical (unpaired) electrons. The summed E-state index contributed by atoms with van der Waals surface area (Å²) in [5.74, 6) is 1.10. The molecule has 1 atom stereocenters. The average molecular weight is 687 g/mol. The molecule has 50 heavy (non-hydrogen) atoms. The molecule has 2 aromatic carbocycles. The number of piperazine rings is 1. The number of benzene rings is 2. The van der Waals surface area contributed by atoms with Crippen molar-refractivity contribution < 1.29 is 27.5 Å². The van der Waals surface area contributed by atoms with Crippen LogP contribution in [0.5, 0.6) is 5.75 Å². The van der Waals surface area contributed by atoms with Crippen LogP contribution in [0.2, 0.25) is 0 Å². The maximum atomic E-state index is 13.6. The summed E-state index contributed by atoms with van der Waals surface area (Å²) in [6.45, 7) is 7.04. The van der Waals surface area contributed by atoms with Crippen LogP contribution in [0.4, 0.5) is 18.9 Å². The van der Waals surface area contributed by atoms with Crippen LogP contribution in [-0.2, 0) is 6.18 Å². The highest BCUT2D eigenvalue weighted by Gasteiger charge is 2.33. The lowest BCUT2D eigenvalue weighted by Crippen LogP contribution is -2.49. The number of fused-ring (bicyclic) bond motifs is 3. The van der Waals surface area contributed by atoms with Gasteiger partial charge in [-0.15, -0.1) is 0 Å². The van der Waals surface area contributed by atoms with Crippen LogP contribution in [0.25, 0.3) is 16.9 Å². The fourth-order valence-electron chi connectivity index (χ4n) is 7.14. The van der Waals surface area contributed by atoms with Gasteiger partial charge in [0.1, 0.15) is 11.6 Å². The standard InChI is InChI=1S/C38H41F3N6O3/c1-26-23-30-31(42-25-29-9-8-17-46(29)36(30)48)24-33(26)50-22-7-3-2-5-15-44-18-20-45(21-19-44)37(49)34-32-10-4-6-16-47(32)35(43-34)27-11-13-28(14-12-27)38(39,40)41/h4,6,10-14,16,23-25,29H,2-3,5,7-9,15,17-22H2,1H3/t29-/m0/s1. The Hall–Kier alpha value is -4.71. The van der Waals surface area contributed by atoms with Crippen LogP contribution < -0.4 is 4.74 Å². The van der Waals surface area contributed by atoms with Crippen LogP contribution in [0.15, 0.2) is 65.8 Å². The number of hydrogen-bond acceptors (Lipinski definition) is 6. The van der Waals surface area contributed by atoms with Crippen LogP contribution in [0, 0.1) is 6.92 Å². The van der Waals surface area contributed by atoms with Crippen molar-refractivity contribution in [3.05, 3.63) is 83.2 Å². The molecule has 9 nitrogen and oxygen atoms in total. The number of alkyl halides is 3. The molecule has 2 saturated heterocycles. The number of rotatable bonds is 10. The van der Waals surface area contributed by atoms with Crippen LogP contribution in [0.1, 0.15) is 70.5 Å². The molecule has 3 aliphatic heterocycles. The fourth-order valence-corrected chi connectivity index (χ4v) is 7.14. The number of aliphatic imine (C=N–C) groups is 1. The van der Waals surface area contributed by atoms with Gasteiger partial charge in [-0.05, 0) is 75.0 Å². The molecular formula is C38H41F3N6O3. The largest absolute Gasteiger partial charge is 0.493 e. The molecule has 2 aromatic heterocycles. The van der Waals surface area contributed by atoms with Crippen molar-refractivity contribution in [2.24, 2.45) is 4.99 Å². The van der Waals surface area contributed by atoms with E-state index in [1.165, 1.54) is 12.1 Å². The number of nitrogens with zero attached hydrogens (tertiary/aromatic N) is 6. The fraction of sp³-hybridized carbons (Fsp3) is 0.421. The Morgan fingerprint density at radius 3 is 2.52 bits per heavy atom. The lowest BCUT2D eigenvalue weighted by molar-refractivity contribution is -0.137. The number of carbonyl (C=O) groups excluding carboxylic acids is 2. The number of aryl methyl sites for hydroxylation is 1. The van der Waals surface area contributed by atoms with E-state index in [9.17, 15) is 22.8 Å². The van der Waals surface area contributed by atoms with Gasteiger partial charge in [0.15, 0.2) is 5.69 Å². The maximum Gasteiger partial charge on any atom is 0.416 e. The summed E-state index contributed by atoms with van der Waals surface area (Å²) in [5, 5.41) is 0. The highest BCUT2D eigenvalue weighted by molar-refractivity contribution is 6.03. The summed E-state index contributed by atoms with van der Waals surface area (Å²) >= 11 is 0. The molecule has 2 amide bonds. The molecule has 0 aliphatic carbocycles. The molecule has 7 rings (SSSR count). The molecule has 0 saturated carbocycles. The van der Waals surface area contributed by atoms with E-state index in [1.54, 1.807) is 16.7 Å². The van der Waals surface area contributed by atoms with Crippen LogP contribution >= 0.6 is 0 Å². The number of amides is 2. The Kier molecular flexibility index (Phi) is 9.63. The lowest BCUT2D eigenvalue weighted by Gasteiger charge is -2.34. The third kappa shape index (κ3) is 6.98. The summed E-state index contributed by atoms with van der Waals surface area (Å²) in [6, 6.07) is 14.2. The molecule has 0 unspecified atom stereocenters. The first-order valence-electron chi connectivity index (χ1n) is 17.5. The molecule has 3 aliphatic rings. The van der Waals surface area contributed by atoms with Crippen LogP contribution in [0.3, 0.4) is 0 Å². The Labute approximate surface area is 289 Å². The maximum absolute atomic E-state index is 13.6. The molecule has 0 spiro atoms. The van der Waals surface area contributed by atoms with Gasteiger partial charge in [-0.3, -0.25) is 23.9 Å². The van der Waals surface area contributed by atoms with E-state index in [4.69, 9.17) is 4.74 Å². The first-order chi connectivity index (χ1) is 24.2. The minimum absolute atomic E-state index is 0.0582. The first kappa shape index (κ1) is 33.8. The predicted molar refractivity (Wildman–Crippen MR) is 185 cm³/mol. The third-order valence-electron chi connectivity index (χ3n) is 9.98. The predicted octanol–water partition coefficient (Wildman–Crippen LogP) is 7.05. The summed E-state index contributed by atoms with van der Waals surface area (Å²) in [4.78, 5) is 42.0. The van der Waals surface area contributed by atoms with Gasteiger partial charge < -0.3 is 14.5 Å². The van der Waals surface area contributed by atoms with E-state index in [1.807, 2.05) is 47.2 Å². The molecule has 12 heteroatoms. The average Bonchev–Trinajstić information content (AvgIpc) is 3.73. The molecule has 2 fully saturated rings. The molecule has 0 bridgehead atoms. The molecule has 4 aromatic rings. The quantitative estimate of drug-likeness (QED) is 0.167. The van der Waals surface area contributed by atoms with Gasteiger partial charge in [0.25, 0.3) is 11.8 Å². The lowest BCUT2D eigenvalue weighted by atomic mass is 10.1. The minimum Gasteiger partial charge on any atom is -0.493 e. The number of pyridine rings is 1. The topological polar surface area (TPSA) is 82.8 Å². The zero-order chi connectivity index (χ0) is 34.8. The monoisotopic (exact) mass is 686 g/mol. The smallest absolute Gasteiger partial charge is 0.416 e. The Morgan fingerprint density at radius 2 is 1.74 bits per heavy atom. The van der Waals surface area contributed by atoms with Gasteiger partial charge in [-0.2, -0.15) is 13.2 Å². The summed E-state index contributed by atoms with van der Waals surface area (Å²) in [5.41, 5.74) is 3.00. The van der Waals surface area contributed by atoms with E-state index in [0.717, 1.165) is 88.1 Å². The van der Waals surface area contributed by atoms with E-state index in [2.05, 4.69) is 14.9 Å².